The Labute approximate surface area is 145 Å². The summed E-state index contributed by atoms with van der Waals surface area (Å²) >= 11 is 0. The van der Waals surface area contributed by atoms with Gasteiger partial charge in [0.05, 0.1) is 0 Å². The normalized spacial score (nSPS) is 12.2. The molecule has 132 valence electrons. The van der Waals surface area contributed by atoms with Crippen molar-refractivity contribution in [1.82, 2.24) is 20.6 Å². The van der Waals surface area contributed by atoms with E-state index in [1.807, 2.05) is 12.1 Å². The number of benzene rings is 1. The standard InChI is InChI=1S/C19H31N5/c1-3-4-5-6-7-8-9-10-11-16(2)20-18-14-12-17(13-15-18)19-21-23-24-22-19/h12-16,20H,3-11H2,1-2H3,(H,21,22,23,24). The molecule has 1 aromatic heterocycles. The lowest BCUT2D eigenvalue weighted by Gasteiger charge is -2.15. The molecule has 1 aromatic carbocycles. The number of aromatic nitrogens is 4. The van der Waals surface area contributed by atoms with Crippen LogP contribution in [0, 0.1) is 0 Å². The minimum atomic E-state index is 0.501. The van der Waals surface area contributed by atoms with Gasteiger partial charge in [0, 0.05) is 17.3 Å². The average molecular weight is 329 g/mol. The van der Waals surface area contributed by atoms with Crippen molar-refractivity contribution in [2.75, 3.05) is 5.32 Å². The molecule has 0 bridgehead atoms. The topological polar surface area (TPSA) is 66.5 Å². The zero-order chi connectivity index (χ0) is 17.0. The van der Waals surface area contributed by atoms with Gasteiger partial charge in [-0.3, -0.25) is 0 Å². The number of unbranched alkanes of at least 4 members (excludes halogenated alkanes) is 7. The molecular weight excluding hydrogens is 298 g/mol. The molecule has 1 heterocycles. The minimum absolute atomic E-state index is 0.501. The summed E-state index contributed by atoms with van der Waals surface area (Å²) in [5, 5.41) is 17.6. The lowest BCUT2D eigenvalue weighted by atomic mass is 10.0. The first-order valence-electron chi connectivity index (χ1n) is 9.40. The van der Waals surface area contributed by atoms with E-state index < -0.39 is 0 Å². The zero-order valence-electron chi connectivity index (χ0n) is 15.1. The summed E-state index contributed by atoms with van der Waals surface area (Å²) in [4.78, 5) is 0. The van der Waals surface area contributed by atoms with Crippen LogP contribution in [0.15, 0.2) is 24.3 Å². The molecule has 0 radical (unpaired) electrons. The third-order valence-corrected chi connectivity index (χ3v) is 4.39. The van der Waals surface area contributed by atoms with Crippen LogP contribution in [0.4, 0.5) is 5.69 Å². The molecule has 0 aliphatic rings. The van der Waals surface area contributed by atoms with Gasteiger partial charge in [-0.05, 0) is 42.8 Å². The van der Waals surface area contributed by atoms with Crippen molar-refractivity contribution >= 4 is 5.69 Å². The second-order valence-corrected chi connectivity index (χ2v) is 6.62. The Bertz CT molecular complexity index is 535. The Morgan fingerprint density at radius 1 is 0.958 bits per heavy atom. The second-order valence-electron chi connectivity index (χ2n) is 6.62. The van der Waals surface area contributed by atoms with E-state index in [9.17, 15) is 0 Å². The van der Waals surface area contributed by atoms with Gasteiger partial charge in [-0.1, -0.05) is 58.3 Å². The molecule has 0 saturated carbocycles. The molecule has 1 unspecified atom stereocenters. The molecule has 0 spiro atoms. The summed E-state index contributed by atoms with van der Waals surface area (Å²) in [6, 6.07) is 8.71. The van der Waals surface area contributed by atoms with E-state index in [1.54, 1.807) is 0 Å². The van der Waals surface area contributed by atoms with Crippen molar-refractivity contribution in [3.05, 3.63) is 24.3 Å². The number of nitrogens with zero attached hydrogens (tertiary/aromatic N) is 3. The van der Waals surface area contributed by atoms with Gasteiger partial charge in [-0.15, -0.1) is 10.2 Å². The van der Waals surface area contributed by atoms with E-state index in [4.69, 9.17) is 0 Å². The molecule has 0 aliphatic heterocycles. The fourth-order valence-electron chi connectivity index (χ4n) is 2.94. The lowest BCUT2D eigenvalue weighted by Crippen LogP contribution is -2.14. The summed E-state index contributed by atoms with van der Waals surface area (Å²) in [5.41, 5.74) is 2.12. The number of tetrazole rings is 1. The van der Waals surface area contributed by atoms with Crippen LogP contribution in [0.1, 0.15) is 71.6 Å². The van der Waals surface area contributed by atoms with E-state index in [0.717, 1.165) is 11.3 Å². The first-order valence-corrected chi connectivity index (χ1v) is 9.40. The van der Waals surface area contributed by atoms with Crippen LogP contribution in [0.25, 0.3) is 11.4 Å². The van der Waals surface area contributed by atoms with Crippen LogP contribution in [-0.2, 0) is 0 Å². The number of hydrogen-bond acceptors (Lipinski definition) is 4. The predicted molar refractivity (Wildman–Crippen MR) is 99.9 cm³/mol. The van der Waals surface area contributed by atoms with Gasteiger partial charge in [0.15, 0.2) is 0 Å². The number of H-pyrrole nitrogens is 1. The molecule has 0 fully saturated rings. The Kier molecular flexibility index (Phi) is 8.28. The monoisotopic (exact) mass is 329 g/mol. The first-order chi connectivity index (χ1) is 11.8. The SMILES string of the molecule is CCCCCCCCCCC(C)Nc1ccc(-c2nn[nH]n2)cc1. The Morgan fingerprint density at radius 3 is 2.25 bits per heavy atom. The van der Waals surface area contributed by atoms with Gasteiger partial charge in [0.25, 0.3) is 0 Å². The smallest absolute Gasteiger partial charge is 0.204 e. The highest BCUT2D eigenvalue weighted by atomic mass is 15.5. The number of rotatable bonds is 12. The van der Waals surface area contributed by atoms with Crippen LogP contribution < -0.4 is 5.32 Å². The predicted octanol–water partition coefficient (Wildman–Crippen LogP) is 5.20. The van der Waals surface area contributed by atoms with Gasteiger partial charge in [-0.2, -0.15) is 5.21 Å². The maximum Gasteiger partial charge on any atom is 0.204 e. The van der Waals surface area contributed by atoms with Gasteiger partial charge in [-0.25, -0.2) is 0 Å². The highest BCUT2D eigenvalue weighted by molar-refractivity contribution is 5.59. The number of nitrogens with one attached hydrogen (secondary N) is 2. The fourth-order valence-corrected chi connectivity index (χ4v) is 2.94. The maximum absolute atomic E-state index is 3.99. The Hall–Kier alpha value is -1.91. The fraction of sp³-hybridized carbons (Fsp3) is 0.632. The van der Waals surface area contributed by atoms with Crippen LogP contribution >= 0.6 is 0 Å². The summed E-state index contributed by atoms with van der Waals surface area (Å²) < 4.78 is 0. The molecule has 5 heteroatoms. The minimum Gasteiger partial charge on any atom is -0.383 e. The number of aromatic amines is 1. The van der Waals surface area contributed by atoms with Gasteiger partial charge in [0.1, 0.15) is 0 Å². The highest BCUT2D eigenvalue weighted by Gasteiger charge is 2.05. The second kappa shape index (κ2) is 10.8. The zero-order valence-corrected chi connectivity index (χ0v) is 15.1. The van der Waals surface area contributed by atoms with Crippen molar-refractivity contribution < 1.29 is 0 Å². The van der Waals surface area contributed by atoms with Crippen molar-refractivity contribution in [2.24, 2.45) is 0 Å². The van der Waals surface area contributed by atoms with Crippen LogP contribution in [0.2, 0.25) is 0 Å². The van der Waals surface area contributed by atoms with Crippen molar-refractivity contribution in [3.63, 3.8) is 0 Å². The molecule has 0 saturated heterocycles. The lowest BCUT2D eigenvalue weighted by molar-refractivity contribution is 0.550. The molecule has 0 aliphatic carbocycles. The van der Waals surface area contributed by atoms with Crippen LogP contribution in [0.3, 0.4) is 0 Å². The molecule has 1 atom stereocenters. The molecule has 2 rings (SSSR count). The molecule has 2 aromatic rings. The maximum atomic E-state index is 3.99. The highest BCUT2D eigenvalue weighted by Crippen LogP contribution is 2.18. The molecule has 24 heavy (non-hydrogen) atoms. The number of anilines is 1. The van der Waals surface area contributed by atoms with E-state index >= 15 is 0 Å². The van der Waals surface area contributed by atoms with Crippen LogP contribution in [-0.4, -0.2) is 26.7 Å². The summed E-state index contributed by atoms with van der Waals surface area (Å²) in [7, 11) is 0. The van der Waals surface area contributed by atoms with Crippen molar-refractivity contribution in [3.8, 4) is 11.4 Å². The van der Waals surface area contributed by atoms with E-state index in [0.29, 0.717) is 11.9 Å². The van der Waals surface area contributed by atoms with Crippen molar-refractivity contribution in [1.29, 1.82) is 0 Å². The summed E-state index contributed by atoms with van der Waals surface area (Å²) in [6.45, 7) is 4.53. The van der Waals surface area contributed by atoms with Crippen molar-refractivity contribution in [2.45, 2.75) is 77.7 Å². The largest absolute Gasteiger partial charge is 0.383 e. The van der Waals surface area contributed by atoms with E-state index in [1.165, 1.54) is 57.8 Å². The van der Waals surface area contributed by atoms with Gasteiger partial charge >= 0.3 is 0 Å². The third-order valence-electron chi connectivity index (χ3n) is 4.39. The van der Waals surface area contributed by atoms with Gasteiger partial charge < -0.3 is 5.32 Å². The number of hydrogen-bond donors (Lipinski definition) is 2. The van der Waals surface area contributed by atoms with E-state index in [-0.39, 0.29) is 0 Å². The molecule has 2 N–H and O–H groups in total. The summed E-state index contributed by atoms with van der Waals surface area (Å²) in [5.74, 6) is 0.633. The van der Waals surface area contributed by atoms with Gasteiger partial charge in [0.2, 0.25) is 5.82 Å². The average Bonchev–Trinajstić information content (AvgIpc) is 3.12. The molecule has 0 amide bonds. The quantitative estimate of drug-likeness (QED) is 0.525. The van der Waals surface area contributed by atoms with Crippen LogP contribution in [0.5, 0.6) is 0 Å². The Balaban J connectivity index is 1.59. The first kappa shape index (κ1) is 18.4. The Morgan fingerprint density at radius 2 is 1.62 bits per heavy atom. The van der Waals surface area contributed by atoms with E-state index in [2.05, 4.69) is 51.9 Å². The molecule has 5 nitrogen and oxygen atoms in total. The third kappa shape index (κ3) is 6.69. The summed E-state index contributed by atoms with van der Waals surface area (Å²) in [6.07, 6.45) is 12.2. The molecular formula is C19H31N5.